The molecule has 5 heteroatoms. The first-order chi connectivity index (χ1) is 12.2. The number of pyridine rings is 1. The quantitative estimate of drug-likeness (QED) is 0.705. The van der Waals surface area contributed by atoms with E-state index in [4.69, 9.17) is 0 Å². The topological polar surface area (TPSA) is 55.1 Å². The molecule has 0 saturated heterocycles. The second-order valence-corrected chi connectivity index (χ2v) is 6.81. The van der Waals surface area contributed by atoms with Gasteiger partial charge in [-0.3, -0.25) is 9.36 Å². The van der Waals surface area contributed by atoms with Gasteiger partial charge in [0.2, 0.25) is 0 Å². The van der Waals surface area contributed by atoms with Crippen LogP contribution in [0.3, 0.4) is 0 Å². The highest BCUT2D eigenvalue weighted by atomic mass is 32.1. The van der Waals surface area contributed by atoms with Crippen LogP contribution >= 0.6 is 11.3 Å². The Kier molecular flexibility index (Phi) is 5.34. The molecule has 0 aliphatic heterocycles. The van der Waals surface area contributed by atoms with Crippen molar-refractivity contribution in [2.45, 2.75) is 39.5 Å². The Hall–Kier alpha value is -2.40. The van der Waals surface area contributed by atoms with Crippen LogP contribution in [-0.2, 0) is 12.8 Å². The van der Waals surface area contributed by atoms with Crippen molar-refractivity contribution in [3.8, 4) is 22.1 Å². The third-order valence-electron chi connectivity index (χ3n) is 4.33. The first-order valence-electron chi connectivity index (χ1n) is 8.64. The Morgan fingerprint density at radius 1 is 1.16 bits per heavy atom. The van der Waals surface area contributed by atoms with Crippen molar-refractivity contribution in [3.63, 3.8) is 0 Å². The van der Waals surface area contributed by atoms with E-state index in [1.807, 2.05) is 42.6 Å². The number of nitrogens with zero attached hydrogens (tertiary/aromatic N) is 2. The molecule has 0 unspecified atom stereocenters. The largest absolute Gasteiger partial charge is 0.507 e. The van der Waals surface area contributed by atoms with E-state index in [-0.39, 0.29) is 11.3 Å². The fraction of sp³-hybridized carbons (Fsp3) is 0.300. The molecular weight excluding hydrogens is 332 g/mol. The lowest BCUT2D eigenvalue weighted by atomic mass is 9.98. The van der Waals surface area contributed by atoms with Gasteiger partial charge in [0, 0.05) is 17.1 Å². The van der Waals surface area contributed by atoms with Crippen LogP contribution in [0.4, 0.5) is 0 Å². The van der Waals surface area contributed by atoms with E-state index in [2.05, 4.69) is 11.9 Å². The van der Waals surface area contributed by atoms with Gasteiger partial charge in [-0.2, -0.15) is 0 Å². The summed E-state index contributed by atoms with van der Waals surface area (Å²) < 4.78 is 1.67. The van der Waals surface area contributed by atoms with Gasteiger partial charge in [0.25, 0.3) is 5.56 Å². The molecule has 0 aliphatic rings. The van der Waals surface area contributed by atoms with E-state index < -0.39 is 0 Å². The maximum atomic E-state index is 13.2. The van der Waals surface area contributed by atoms with Crippen LogP contribution in [0.25, 0.3) is 16.4 Å². The van der Waals surface area contributed by atoms with E-state index in [0.717, 1.165) is 29.7 Å². The van der Waals surface area contributed by atoms with Crippen LogP contribution in [0.2, 0.25) is 0 Å². The average Bonchev–Trinajstić information content (AvgIpc) is 3.16. The number of thiazole rings is 1. The molecule has 1 aromatic carbocycles. The van der Waals surface area contributed by atoms with Crippen molar-refractivity contribution in [1.82, 2.24) is 9.55 Å². The molecule has 0 amide bonds. The van der Waals surface area contributed by atoms with Crippen molar-refractivity contribution in [2.24, 2.45) is 0 Å². The SMILES string of the molecule is CCCCc1c(O)c(CC)c(-c2ccccc2)n(-c2nccs2)c1=O. The van der Waals surface area contributed by atoms with Crippen molar-refractivity contribution >= 4 is 11.3 Å². The second kappa shape index (κ2) is 7.66. The first-order valence-corrected chi connectivity index (χ1v) is 9.52. The van der Waals surface area contributed by atoms with Crippen LogP contribution in [0.15, 0.2) is 46.7 Å². The lowest BCUT2D eigenvalue weighted by Crippen LogP contribution is -2.25. The minimum Gasteiger partial charge on any atom is -0.507 e. The van der Waals surface area contributed by atoms with Crippen LogP contribution in [0.5, 0.6) is 5.75 Å². The van der Waals surface area contributed by atoms with Crippen LogP contribution in [0, 0.1) is 0 Å². The Bertz CT molecular complexity index is 900. The summed E-state index contributed by atoms with van der Waals surface area (Å²) in [4.78, 5) is 17.6. The molecule has 25 heavy (non-hydrogen) atoms. The molecule has 0 atom stereocenters. The van der Waals surface area contributed by atoms with Crippen LogP contribution in [-0.4, -0.2) is 14.7 Å². The van der Waals surface area contributed by atoms with E-state index >= 15 is 0 Å². The van der Waals surface area contributed by atoms with Crippen molar-refractivity contribution in [1.29, 1.82) is 0 Å². The smallest absolute Gasteiger partial charge is 0.264 e. The highest BCUT2D eigenvalue weighted by Crippen LogP contribution is 2.34. The fourth-order valence-electron chi connectivity index (χ4n) is 3.09. The number of hydrogen-bond acceptors (Lipinski definition) is 4. The Morgan fingerprint density at radius 3 is 2.52 bits per heavy atom. The zero-order valence-corrected chi connectivity index (χ0v) is 15.3. The number of aromatic nitrogens is 2. The van der Waals surface area contributed by atoms with Gasteiger partial charge >= 0.3 is 0 Å². The summed E-state index contributed by atoms with van der Waals surface area (Å²) in [5, 5.41) is 13.3. The minimum atomic E-state index is -0.169. The number of hydrogen-bond donors (Lipinski definition) is 1. The summed E-state index contributed by atoms with van der Waals surface area (Å²) >= 11 is 1.43. The van der Waals surface area contributed by atoms with E-state index in [1.165, 1.54) is 11.3 Å². The summed E-state index contributed by atoms with van der Waals surface area (Å²) in [6, 6.07) is 9.74. The molecule has 0 aliphatic carbocycles. The molecule has 3 aromatic rings. The normalized spacial score (nSPS) is 11.0. The minimum absolute atomic E-state index is 0.146. The van der Waals surface area contributed by atoms with Gasteiger partial charge < -0.3 is 5.11 Å². The molecule has 1 N–H and O–H groups in total. The molecular formula is C20H22N2O2S. The molecule has 2 aromatic heterocycles. The predicted octanol–water partition coefficient (Wildman–Crippen LogP) is 4.57. The van der Waals surface area contributed by atoms with Gasteiger partial charge in [-0.25, -0.2) is 4.98 Å². The number of aromatic hydroxyl groups is 1. The summed E-state index contributed by atoms with van der Waals surface area (Å²) in [5.74, 6) is 0.146. The molecule has 4 nitrogen and oxygen atoms in total. The first kappa shape index (κ1) is 17.4. The summed E-state index contributed by atoms with van der Waals surface area (Å²) in [6.07, 6.45) is 4.76. The second-order valence-electron chi connectivity index (χ2n) is 5.93. The van der Waals surface area contributed by atoms with Crippen molar-refractivity contribution in [3.05, 3.63) is 63.4 Å². The summed E-state index contributed by atoms with van der Waals surface area (Å²) in [7, 11) is 0. The average molecular weight is 354 g/mol. The highest BCUT2D eigenvalue weighted by Gasteiger charge is 2.23. The van der Waals surface area contributed by atoms with Crippen molar-refractivity contribution < 1.29 is 5.11 Å². The third-order valence-corrected chi connectivity index (χ3v) is 5.09. The zero-order chi connectivity index (χ0) is 17.8. The monoisotopic (exact) mass is 354 g/mol. The molecule has 0 bridgehead atoms. The standard InChI is InChI=1S/C20H22N2O2S/c1-3-5-11-16-18(23)15(4-2)17(14-9-7-6-8-10-14)22(19(16)24)20-21-12-13-25-20/h6-10,12-13,23H,3-5,11H2,1-2H3. The number of benzene rings is 1. The number of rotatable bonds is 6. The molecule has 130 valence electrons. The maximum Gasteiger partial charge on any atom is 0.264 e. The van der Waals surface area contributed by atoms with Crippen LogP contribution in [0.1, 0.15) is 37.8 Å². The highest BCUT2D eigenvalue weighted by molar-refractivity contribution is 7.12. The van der Waals surface area contributed by atoms with E-state index in [1.54, 1.807) is 10.8 Å². The summed E-state index contributed by atoms with van der Waals surface area (Å²) in [5.41, 5.74) is 2.77. The molecule has 0 spiro atoms. The molecule has 0 radical (unpaired) electrons. The van der Waals surface area contributed by atoms with Gasteiger partial charge in [0.05, 0.1) is 11.3 Å². The summed E-state index contributed by atoms with van der Waals surface area (Å²) in [6.45, 7) is 4.08. The van der Waals surface area contributed by atoms with Gasteiger partial charge in [0.15, 0.2) is 5.13 Å². The molecule has 2 heterocycles. The lowest BCUT2D eigenvalue weighted by Gasteiger charge is -2.19. The van der Waals surface area contributed by atoms with Gasteiger partial charge in [-0.05, 0) is 24.8 Å². The zero-order valence-electron chi connectivity index (χ0n) is 14.5. The van der Waals surface area contributed by atoms with E-state index in [0.29, 0.717) is 23.5 Å². The van der Waals surface area contributed by atoms with Gasteiger partial charge in [-0.1, -0.05) is 50.6 Å². The third kappa shape index (κ3) is 3.24. The van der Waals surface area contributed by atoms with E-state index in [9.17, 15) is 9.90 Å². The Labute approximate surface area is 151 Å². The van der Waals surface area contributed by atoms with Gasteiger partial charge in [-0.15, -0.1) is 11.3 Å². The maximum absolute atomic E-state index is 13.2. The molecule has 0 saturated carbocycles. The Morgan fingerprint density at radius 2 is 1.92 bits per heavy atom. The van der Waals surface area contributed by atoms with Crippen LogP contribution < -0.4 is 5.56 Å². The molecule has 3 rings (SSSR count). The molecule has 0 fully saturated rings. The Balaban J connectivity index is 2.38. The predicted molar refractivity (Wildman–Crippen MR) is 103 cm³/mol. The van der Waals surface area contributed by atoms with Gasteiger partial charge in [0.1, 0.15) is 5.75 Å². The number of unbranched alkanes of at least 4 members (excludes halogenated alkanes) is 1. The lowest BCUT2D eigenvalue weighted by molar-refractivity contribution is 0.457. The van der Waals surface area contributed by atoms with Crippen molar-refractivity contribution in [2.75, 3.05) is 0 Å². The fourth-order valence-corrected chi connectivity index (χ4v) is 3.73.